The molecule has 0 aliphatic heterocycles. The summed E-state index contributed by atoms with van der Waals surface area (Å²) in [5.41, 5.74) is 0.328. The van der Waals surface area contributed by atoms with Gasteiger partial charge in [-0.3, -0.25) is 4.79 Å². The second-order valence-electron chi connectivity index (χ2n) is 5.69. The third-order valence-corrected chi connectivity index (χ3v) is 4.17. The highest BCUT2D eigenvalue weighted by Gasteiger charge is 2.63. The molecule has 2 atom stereocenters. The molecule has 1 fully saturated rings. The molecule has 0 radical (unpaired) electrons. The minimum atomic E-state index is -1.11. The molecule has 0 aromatic heterocycles. The van der Waals surface area contributed by atoms with Crippen molar-refractivity contribution in [1.82, 2.24) is 5.32 Å². The number of hydrogen-bond acceptors (Lipinski definition) is 4. The van der Waals surface area contributed by atoms with Gasteiger partial charge in [-0.2, -0.15) is 5.26 Å². The van der Waals surface area contributed by atoms with Gasteiger partial charge in [-0.15, -0.1) is 0 Å². The predicted molar refractivity (Wildman–Crippen MR) is 87.0 cm³/mol. The van der Waals surface area contributed by atoms with Gasteiger partial charge >= 0.3 is 5.97 Å². The molecule has 1 aliphatic rings. The van der Waals surface area contributed by atoms with Crippen LogP contribution < -0.4 is 5.32 Å². The van der Waals surface area contributed by atoms with Crippen LogP contribution in [-0.2, 0) is 9.53 Å². The Hall–Kier alpha value is -3.13. The summed E-state index contributed by atoms with van der Waals surface area (Å²) in [7, 11) is 0. The Morgan fingerprint density at radius 3 is 2.38 bits per heavy atom. The molecular weight excluding hydrogens is 304 g/mol. The van der Waals surface area contributed by atoms with Gasteiger partial charge in [0.25, 0.3) is 5.91 Å². The number of benzene rings is 2. The summed E-state index contributed by atoms with van der Waals surface area (Å²) in [6, 6.07) is 20.0. The van der Waals surface area contributed by atoms with Crippen molar-refractivity contribution in [3.63, 3.8) is 0 Å². The molecule has 1 saturated carbocycles. The highest BCUT2D eigenvalue weighted by atomic mass is 16.5. The van der Waals surface area contributed by atoms with Gasteiger partial charge < -0.3 is 10.1 Å². The van der Waals surface area contributed by atoms with E-state index >= 15 is 0 Å². The van der Waals surface area contributed by atoms with Crippen LogP contribution in [0.1, 0.15) is 28.3 Å². The van der Waals surface area contributed by atoms with E-state index in [0.717, 1.165) is 5.56 Å². The first-order valence-corrected chi connectivity index (χ1v) is 7.64. The number of amides is 1. The largest absolute Gasteiger partial charge is 0.449 e. The molecule has 0 spiro atoms. The first-order chi connectivity index (χ1) is 11.7. The van der Waals surface area contributed by atoms with Crippen molar-refractivity contribution in [3.05, 3.63) is 71.8 Å². The van der Waals surface area contributed by atoms with Crippen molar-refractivity contribution in [2.75, 3.05) is 6.61 Å². The van der Waals surface area contributed by atoms with E-state index in [1.807, 2.05) is 36.4 Å². The summed E-state index contributed by atoms with van der Waals surface area (Å²) >= 11 is 0. The Kier molecular flexibility index (Phi) is 4.30. The molecule has 2 aromatic rings. The van der Waals surface area contributed by atoms with Crippen LogP contribution in [0.2, 0.25) is 0 Å². The normalized spacial score (nSPS) is 21.4. The molecule has 1 amide bonds. The zero-order chi connectivity index (χ0) is 17.0. The molecule has 0 unspecified atom stereocenters. The van der Waals surface area contributed by atoms with Crippen molar-refractivity contribution in [1.29, 1.82) is 5.26 Å². The lowest BCUT2D eigenvalue weighted by atomic mass is 10.1. The van der Waals surface area contributed by atoms with Crippen LogP contribution in [0.5, 0.6) is 0 Å². The maximum Gasteiger partial charge on any atom is 0.333 e. The Bertz CT molecular complexity index is 783. The maximum absolute atomic E-state index is 12.5. The first-order valence-electron chi connectivity index (χ1n) is 7.64. The number of nitriles is 1. The summed E-state index contributed by atoms with van der Waals surface area (Å²) in [5.74, 6) is -1.05. The second kappa shape index (κ2) is 6.55. The molecule has 1 aliphatic carbocycles. The fourth-order valence-electron chi connectivity index (χ4n) is 2.86. The molecular formula is C19H16N2O3. The van der Waals surface area contributed by atoms with Crippen molar-refractivity contribution in [3.8, 4) is 6.07 Å². The number of carbonyl (C=O) groups is 2. The average molecular weight is 320 g/mol. The van der Waals surface area contributed by atoms with Crippen LogP contribution in [0.4, 0.5) is 0 Å². The lowest BCUT2D eigenvalue weighted by Gasteiger charge is -2.18. The second-order valence-corrected chi connectivity index (χ2v) is 5.69. The Labute approximate surface area is 139 Å². The third kappa shape index (κ3) is 2.99. The molecule has 0 saturated heterocycles. The Morgan fingerprint density at radius 2 is 1.75 bits per heavy atom. The van der Waals surface area contributed by atoms with Crippen molar-refractivity contribution in [2.24, 2.45) is 0 Å². The van der Waals surface area contributed by atoms with E-state index in [9.17, 15) is 9.59 Å². The number of esters is 1. The zero-order valence-corrected chi connectivity index (χ0v) is 12.9. The molecule has 0 bridgehead atoms. The van der Waals surface area contributed by atoms with Crippen LogP contribution in [0.15, 0.2) is 60.7 Å². The van der Waals surface area contributed by atoms with E-state index in [0.29, 0.717) is 12.0 Å². The fourth-order valence-corrected chi connectivity index (χ4v) is 2.86. The SMILES string of the molecule is N#CCOC(=O)[C@@]1(NC(=O)c2ccccc2)C[C@H]1c1ccccc1. The van der Waals surface area contributed by atoms with E-state index in [1.54, 1.807) is 30.3 Å². The smallest absolute Gasteiger partial charge is 0.333 e. The van der Waals surface area contributed by atoms with Gasteiger partial charge in [0.1, 0.15) is 11.6 Å². The number of nitrogens with zero attached hydrogens (tertiary/aromatic N) is 1. The fraction of sp³-hybridized carbons (Fsp3) is 0.211. The van der Waals surface area contributed by atoms with Crippen molar-refractivity contribution in [2.45, 2.75) is 17.9 Å². The number of carbonyl (C=O) groups excluding carboxylic acids is 2. The summed E-state index contributed by atoms with van der Waals surface area (Å²) in [6.45, 7) is -0.330. The topological polar surface area (TPSA) is 79.2 Å². The molecule has 5 nitrogen and oxygen atoms in total. The third-order valence-electron chi connectivity index (χ3n) is 4.17. The number of ether oxygens (including phenoxy) is 1. The van der Waals surface area contributed by atoms with Gasteiger partial charge in [0.2, 0.25) is 0 Å². The van der Waals surface area contributed by atoms with Crippen LogP contribution in [0, 0.1) is 11.3 Å². The van der Waals surface area contributed by atoms with Crippen LogP contribution in [0.25, 0.3) is 0 Å². The first kappa shape index (κ1) is 15.8. The van der Waals surface area contributed by atoms with Crippen molar-refractivity contribution >= 4 is 11.9 Å². The maximum atomic E-state index is 12.5. The minimum absolute atomic E-state index is 0.155. The summed E-state index contributed by atoms with van der Waals surface area (Å²) < 4.78 is 4.99. The molecule has 1 N–H and O–H groups in total. The zero-order valence-electron chi connectivity index (χ0n) is 12.9. The highest BCUT2D eigenvalue weighted by molar-refractivity contribution is 6.00. The number of nitrogens with one attached hydrogen (secondary N) is 1. The number of rotatable bonds is 5. The van der Waals surface area contributed by atoms with E-state index in [2.05, 4.69) is 5.32 Å². The monoisotopic (exact) mass is 320 g/mol. The lowest BCUT2D eigenvalue weighted by molar-refractivity contribution is -0.145. The Morgan fingerprint density at radius 1 is 1.12 bits per heavy atom. The summed E-state index contributed by atoms with van der Waals surface area (Å²) in [6.07, 6.45) is 0.458. The molecule has 2 aromatic carbocycles. The van der Waals surface area contributed by atoms with Crippen LogP contribution in [0.3, 0.4) is 0 Å². The van der Waals surface area contributed by atoms with Gasteiger partial charge in [0.05, 0.1) is 0 Å². The standard InChI is InChI=1S/C19H16N2O3/c20-11-12-24-18(23)19(13-16(19)14-7-3-1-4-8-14)21-17(22)15-9-5-2-6-10-15/h1-10,16H,12-13H2,(H,21,22)/t16-,19+/m0/s1. The highest BCUT2D eigenvalue weighted by Crippen LogP contribution is 2.52. The molecule has 120 valence electrons. The minimum Gasteiger partial charge on any atom is -0.449 e. The van der Waals surface area contributed by atoms with E-state index in [4.69, 9.17) is 10.00 Å². The molecule has 3 rings (SSSR count). The number of hydrogen-bond donors (Lipinski definition) is 1. The predicted octanol–water partition coefficient (Wildman–Crippen LogP) is 2.41. The average Bonchev–Trinajstić information content (AvgIpc) is 3.36. The van der Waals surface area contributed by atoms with E-state index in [-0.39, 0.29) is 18.4 Å². The van der Waals surface area contributed by atoms with Gasteiger partial charge in [-0.1, -0.05) is 48.5 Å². The van der Waals surface area contributed by atoms with E-state index in [1.165, 1.54) is 0 Å². The molecule has 5 heteroatoms. The van der Waals surface area contributed by atoms with E-state index < -0.39 is 11.5 Å². The van der Waals surface area contributed by atoms with Crippen LogP contribution >= 0.6 is 0 Å². The summed E-state index contributed by atoms with van der Waals surface area (Å²) in [5, 5.41) is 11.4. The Balaban J connectivity index is 1.83. The van der Waals surface area contributed by atoms with Crippen LogP contribution in [-0.4, -0.2) is 24.0 Å². The van der Waals surface area contributed by atoms with Crippen molar-refractivity contribution < 1.29 is 14.3 Å². The lowest BCUT2D eigenvalue weighted by Crippen LogP contribution is -2.45. The van der Waals surface area contributed by atoms with Gasteiger partial charge in [-0.05, 0) is 24.1 Å². The van der Waals surface area contributed by atoms with Gasteiger partial charge in [0.15, 0.2) is 6.61 Å². The summed E-state index contributed by atoms with van der Waals surface area (Å²) in [4.78, 5) is 24.9. The quantitative estimate of drug-likeness (QED) is 0.858. The van der Waals surface area contributed by atoms with Gasteiger partial charge in [-0.25, -0.2) is 4.79 Å². The van der Waals surface area contributed by atoms with Gasteiger partial charge in [0, 0.05) is 11.5 Å². The molecule has 24 heavy (non-hydrogen) atoms. The molecule has 0 heterocycles.